The minimum Gasteiger partial charge on any atom is -0.465 e. The molecule has 1 aromatic carbocycles. The summed E-state index contributed by atoms with van der Waals surface area (Å²) in [5.74, 6) is -11.9. The van der Waals surface area contributed by atoms with Crippen LogP contribution < -0.4 is 0 Å². The van der Waals surface area contributed by atoms with Crippen LogP contribution in [0.1, 0.15) is 94.6 Å². The van der Waals surface area contributed by atoms with Gasteiger partial charge in [-0.2, -0.15) is 0 Å². The summed E-state index contributed by atoms with van der Waals surface area (Å²) in [7, 11) is 0. The molecule has 62 heavy (non-hydrogen) atoms. The van der Waals surface area contributed by atoms with Crippen molar-refractivity contribution in [2.24, 2.45) is 17.3 Å². The second kappa shape index (κ2) is 16.7. The van der Waals surface area contributed by atoms with Gasteiger partial charge in [-0.1, -0.05) is 32.0 Å². The van der Waals surface area contributed by atoms with Crippen LogP contribution in [0.15, 0.2) is 48.7 Å². The van der Waals surface area contributed by atoms with E-state index in [0.29, 0.717) is 0 Å². The van der Waals surface area contributed by atoms with E-state index < -0.39 is 138 Å². The second-order valence-electron chi connectivity index (χ2n) is 16.5. The lowest BCUT2D eigenvalue weighted by Crippen LogP contribution is -2.89. The van der Waals surface area contributed by atoms with Gasteiger partial charge in [-0.25, -0.2) is 9.59 Å². The number of carbonyl (C=O) groups excluding carboxylic acids is 8. The Bertz CT molecular complexity index is 2160. The molecule has 1 aromatic heterocycles. The molecule has 3 fully saturated rings. The summed E-state index contributed by atoms with van der Waals surface area (Å²) in [6, 6.07) is 10.4. The number of hydrogen-bond acceptors (Lipinski definition) is 19. The highest BCUT2D eigenvalue weighted by atomic mass is 16.7. The van der Waals surface area contributed by atoms with Crippen LogP contribution >= 0.6 is 0 Å². The molecule has 6 rings (SSSR count). The molecule has 1 spiro atoms. The predicted molar refractivity (Wildman–Crippen MR) is 205 cm³/mol. The molecular weight excluding hydrogens is 818 g/mol. The average Bonchev–Trinajstić information content (AvgIpc) is 3.42. The van der Waals surface area contributed by atoms with Crippen molar-refractivity contribution in [3.63, 3.8) is 0 Å². The van der Waals surface area contributed by atoms with Gasteiger partial charge in [-0.05, 0) is 38.1 Å². The van der Waals surface area contributed by atoms with Crippen molar-refractivity contribution in [3.05, 3.63) is 65.5 Å². The maximum Gasteiger partial charge on any atom is 0.340 e. The van der Waals surface area contributed by atoms with E-state index in [1.165, 1.54) is 44.3 Å². The van der Waals surface area contributed by atoms with Crippen molar-refractivity contribution in [2.45, 2.75) is 122 Å². The number of cyclic esters (lactones) is 1. The third-order valence-electron chi connectivity index (χ3n) is 12.4. The van der Waals surface area contributed by atoms with E-state index in [1.54, 1.807) is 25.1 Å². The van der Waals surface area contributed by atoms with Crippen molar-refractivity contribution in [1.29, 1.82) is 0 Å². The fourth-order valence-electron chi connectivity index (χ4n) is 9.82. The molecule has 2 aliphatic carbocycles. The number of aromatic nitrogens is 1. The monoisotopic (exact) mass is 867 g/mol. The molecule has 4 aliphatic rings. The zero-order valence-electron chi connectivity index (χ0n) is 35.6. The van der Waals surface area contributed by atoms with Gasteiger partial charge in [0.15, 0.2) is 30.0 Å². The van der Waals surface area contributed by atoms with Crippen LogP contribution in [0, 0.1) is 17.3 Å². The van der Waals surface area contributed by atoms with Crippen LogP contribution in [0.25, 0.3) is 0 Å². The molecule has 19 heteroatoms. The minimum atomic E-state index is -2.85. The lowest BCUT2D eigenvalue weighted by atomic mass is 9.45. The lowest BCUT2D eigenvalue weighted by Gasteiger charge is -2.67. The number of hydrogen-bond donors (Lipinski definition) is 1. The Labute approximate surface area is 355 Å². The third-order valence-corrected chi connectivity index (χ3v) is 12.4. The normalized spacial score (nSPS) is 36.0. The van der Waals surface area contributed by atoms with Gasteiger partial charge in [0, 0.05) is 46.7 Å². The first-order valence-electron chi connectivity index (χ1n) is 19.9. The Morgan fingerprint density at radius 3 is 1.90 bits per heavy atom. The number of rotatable bonds is 8. The maximum atomic E-state index is 14.5. The van der Waals surface area contributed by atoms with Crippen LogP contribution in [0.3, 0.4) is 0 Å². The zero-order chi connectivity index (χ0) is 45.7. The highest BCUT2D eigenvalue weighted by molar-refractivity contribution is 5.91. The molecule has 4 bridgehead atoms. The average molecular weight is 868 g/mol. The van der Waals surface area contributed by atoms with Gasteiger partial charge >= 0.3 is 47.8 Å². The molecule has 19 nitrogen and oxygen atoms in total. The fraction of sp³-hybridized carbons (Fsp3) is 0.558. The fourth-order valence-corrected chi connectivity index (χ4v) is 9.82. The molecule has 13 unspecified atom stereocenters. The third kappa shape index (κ3) is 7.43. The zero-order valence-corrected chi connectivity index (χ0v) is 35.6. The van der Waals surface area contributed by atoms with Crippen LogP contribution in [0.2, 0.25) is 0 Å². The summed E-state index contributed by atoms with van der Waals surface area (Å²) in [6.45, 7) is 8.64. The predicted octanol–water partition coefficient (Wildman–Crippen LogP) is 2.33. The van der Waals surface area contributed by atoms with E-state index in [4.69, 9.17) is 42.6 Å². The van der Waals surface area contributed by atoms with Crippen molar-refractivity contribution < 1.29 is 86.1 Å². The van der Waals surface area contributed by atoms with Crippen LogP contribution in [0.5, 0.6) is 0 Å². The first-order valence-corrected chi connectivity index (χ1v) is 19.9. The molecule has 0 amide bonds. The number of carbonyl (C=O) groups is 8. The van der Waals surface area contributed by atoms with E-state index in [2.05, 4.69) is 4.98 Å². The van der Waals surface area contributed by atoms with E-state index in [0.717, 1.165) is 41.5 Å². The molecule has 2 aliphatic heterocycles. The lowest BCUT2D eigenvalue weighted by molar-refractivity contribution is -0.386. The summed E-state index contributed by atoms with van der Waals surface area (Å²) in [5, 5.41) is 13.6. The van der Waals surface area contributed by atoms with Crippen LogP contribution in [-0.2, 0) is 71.4 Å². The Morgan fingerprint density at radius 2 is 1.32 bits per heavy atom. The van der Waals surface area contributed by atoms with Gasteiger partial charge in [0.25, 0.3) is 0 Å². The summed E-state index contributed by atoms with van der Waals surface area (Å²) in [6.07, 6.45) is -10.8. The topological polar surface area (TPSA) is 253 Å². The highest BCUT2D eigenvalue weighted by Gasteiger charge is 2.92. The summed E-state index contributed by atoms with van der Waals surface area (Å²) in [4.78, 5) is 114. The molecule has 1 saturated heterocycles. The molecule has 0 radical (unpaired) electrons. The smallest absolute Gasteiger partial charge is 0.340 e. The maximum absolute atomic E-state index is 14.5. The van der Waals surface area contributed by atoms with Crippen molar-refractivity contribution in [1.82, 2.24) is 4.98 Å². The number of ether oxygens (including phenoxy) is 9. The molecule has 2 aromatic rings. The van der Waals surface area contributed by atoms with E-state index in [1.807, 2.05) is 0 Å². The first kappa shape index (κ1) is 45.6. The van der Waals surface area contributed by atoms with E-state index in [9.17, 15) is 43.5 Å². The number of pyridine rings is 1. The largest absolute Gasteiger partial charge is 0.465 e. The minimum absolute atomic E-state index is 0.0151. The van der Waals surface area contributed by atoms with Crippen LogP contribution in [0.4, 0.5) is 0 Å². The highest BCUT2D eigenvalue weighted by Crippen LogP contribution is 2.70. The van der Waals surface area contributed by atoms with Gasteiger partial charge in [0.2, 0.25) is 0 Å². The molecular formula is C43H49NO18. The number of fused-ring (bicyclic) bond motifs is 5. The SMILES string of the molecule is CC(=O)OCC12C(OC(C)=O)C(OC(=O)c3ccccc3)C3C(OC(C)=O)C14OC3(C)COC(=O)c1cccnc1C(C)C(C)C(=O)OC(C(OC(C)=O)C2OC(C)=O)C4(C)O. The van der Waals surface area contributed by atoms with E-state index in [-0.39, 0.29) is 16.8 Å². The number of nitrogens with zero attached hydrogens (tertiary/aromatic N) is 1. The van der Waals surface area contributed by atoms with Gasteiger partial charge in [0.1, 0.15) is 42.0 Å². The number of benzene rings is 1. The van der Waals surface area contributed by atoms with Gasteiger partial charge in [-0.15, -0.1) is 0 Å². The Hall–Kier alpha value is -5.95. The first-order chi connectivity index (χ1) is 29.0. The summed E-state index contributed by atoms with van der Waals surface area (Å²) in [5.41, 5.74) is -10.3. The molecule has 2 saturated carbocycles. The standard InChI is InChI=1S/C43H49NO18/c1-20-21(2)37(50)61-34-32(56-23(4)46)36(59-26(7)49)42(19-54-22(3)45)35(58-25(6)48)31(60-38(51)27-14-11-10-12-15-27)29-33(57-24(5)47)43(42,41(34,9)53)62-40(29,8)18-55-39(52)28-16-13-17-44-30(20)28/h10-17,20-21,29,31-36,53H,18-19H2,1-9H3. The number of aliphatic hydroxyl groups is 1. The second-order valence-corrected chi connectivity index (χ2v) is 16.5. The summed E-state index contributed by atoms with van der Waals surface area (Å²) >= 11 is 0. The molecule has 13 atom stereocenters. The quantitative estimate of drug-likeness (QED) is 0.295. The molecule has 1 N–H and O–H groups in total. The van der Waals surface area contributed by atoms with Gasteiger partial charge in [-0.3, -0.25) is 33.8 Å². The molecule has 334 valence electrons. The van der Waals surface area contributed by atoms with Gasteiger partial charge < -0.3 is 47.7 Å². The molecule has 3 heterocycles. The van der Waals surface area contributed by atoms with E-state index >= 15 is 0 Å². The van der Waals surface area contributed by atoms with Gasteiger partial charge in [0.05, 0.1) is 28.7 Å². The Morgan fingerprint density at radius 1 is 0.742 bits per heavy atom. The Balaban J connectivity index is 1.80. The van der Waals surface area contributed by atoms with Crippen molar-refractivity contribution in [3.8, 4) is 0 Å². The summed E-state index contributed by atoms with van der Waals surface area (Å²) < 4.78 is 55.4. The van der Waals surface area contributed by atoms with Crippen LogP contribution in [-0.4, -0.2) is 124 Å². The number of esters is 8. The van der Waals surface area contributed by atoms with Crippen molar-refractivity contribution >= 4 is 47.8 Å². The van der Waals surface area contributed by atoms with Crippen molar-refractivity contribution in [2.75, 3.05) is 13.2 Å². The Kier molecular flexibility index (Phi) is 12.3.